The van der Waals surface area contributed by atoms with Crippen LogP contribution in [0.1, 0.15) is 47.6 Å². The van der Waals surface area contributed by atoms with E-state index in [-0.39, 0.29) is 30.3 Å². The molecule has 0 spiro atoms. The molecule has 1 fully saturated rings. The number of halogens is 1. The smallest absolute Gasteiger partial charge is 0.255 e. The van der Waals surface area contributed by atoms with Crippen molar-refractivity contribution in [1.29, 1.82) is 0 Å². The Hall–Kier alpha value is -2.31. The van der Waals surface area contributed by atoms with Gasteiger partial charge in [0, 0.05) is 44.5 Å². The van der Waals surface area contributed by atoms with Crippen molar-refractivity contribution < 1.29 is 9.59 Å². The first kappa shape index (κ1) is 22.0. The van der Waals surface area contributed by atoms with Crippen LogP contribution in [0.15, 0.2) is 48.8 Å². The summed E-state index contributed by atoms with van der Waals surface area (Å²) in [6.07, 6.45) is 6.54. The first-order valence-electron chi connectivity index (χ1n) is 9.71. The lowest BCUT2D eigenvalue weighted by Crippen LogP contribution is -2.34. The molecule has 2 amide bonds. The Bertz CT molecular complexity index is 721. The van der Waals surface area contributed by atoms with Crippen LogP contribution in [0.5, 0.6) is 0 Å². The number of carbonyl (C=O) groups excluding carboxylic acids is 2. The highest BCUT2D eigenvalue weighted by atomic mass is 35.5. The van der Waals surface area contributed by atoms with E-state index in [0.717, 1.165) is 31.4 Å². The highest BCUT2D eigenvalue weighted by Crippen LogP contribution is 2.17. The molecule has 1 aromatic heterocycles. The number of carbonyl (C=O) groups is 2. The normalized spacial score (nSPS) is 19.4. The van der Waals surface area contributed by atoms with Crippen LogP contribution in [-0.2, 0) is 4.79 Å². The van der Waals surface area contributed by atoms with E-state index in [2.05, 4.69) is 15.6 Å². The average molecular weight is 405 g/mol. The Labute approximate surface area is 172 Å². The highest BCUT2D eigenvalue weighted by Gasteiger charge is 2.18. The van der Waals surface area contributed by atoms with Gasteiger partial charge in [-0.15, -0.1) is 12.4 Å². The van der Waals surface area contributed by atoms with Crippen molar-refractivity contribution in [3.8, 4) is 0 Å². The number of nitrogens with zero attached hydrogens (tertiary/aromatic N) is 1. The predicted molar refractivity (Wildman–Crippen MR) is 113 cm³/mol. The van der Waals surface area contributed by atoms with Gasteiger partial charge in [0.25, 0.3) is 5.91 Å². The van der Waals surface area contributed by atoms with Crippen molar-refractivity contribution >= 4 is 24.2 Å². The second kappa shape index (κ2) is 11.5. The summed E-state index contributed by atoms with van der Waals surface area (Å²) in [4.78, 5) is 29.8. The summed E-state index contributed by atoms with van der Waals surface area (Å²) >= 11 is 0. The fourth-order valence-electron chi connectivity index (χ4n) is 3.41. The monoisotopic (exact) mass is 404 g/mol. The van der Waals surface area contributed by atoms with E-state index in [1.54, 1.807) is 12.4 Å². The zero-order chi connectivity index (χ0) is 18.9. The van der Waals surface area contributed by atoms with E-state index in [4.69, 9.17) is 0 Å². The van der Waals surface area contributed by atoms with Crippen molar-refractivity contribution in [2.45, 2.75) is 31.7 Å². The zero-order valence-electron chi connectivity index (χ0n) is 16.0. The lowest BCUT2D eigenvalue weighted by molar-refractivity contribution is -0.121. The van der Waals surface area contributed by atoms with Gasteiger partial charge in [0.05, 0.1) is 5.56 Å². The maximum absolute atomic E-state index is 12.7. The second-order valence-electron chi connectivity index (χ2n) is 6.92. The van der Waals surface area contributed by atoms with Gasteiger partial charge in [-0.2, -0.15) is 0 Å². The van der Waals surface area contributed by atoms with E-state index >= 15 is 0 Å². The molecule has 2 heterocycles. The number of hydrogen-bond acceptors (Lipinski definition) is 3. The van der Waals surface area contributed by atoms with Gasteiger partial charge in [0.1, 0.15) is 0 Å². The Morgan fingerprint density at radius 3 is 2.54 bits per heavy atom. The molecule has 6 nitrogen and oxygen atoms in total. The summed E-state index contributed by atoms with van der Waals surface area (Å²) in [5, 5.41) is 6.50. The molecule has 0 saturated carbocycles. The molecule has 1 atom stereocenters. The number of rotatable bonds is 2. The van der Waals surface area contributed by atoms with Crippen LogP contribution in [0.4, 0.5) is 0 Å². The average Bonchev–Trinajstić information content (AvgIpc) is 3.23. The SMILES string of the molecule is Cl.O=C1CC(c2ccccc2)NCCCN(C(=O)c2cc[nH]c2)CCCCN1. The van der Waals surface area contributed by atoms with Gasteiger partial charge in [0.15, 0.2) is 0 Å². The Balaban J connectivity index is 0.00000280. The predicted octanol–water partition coefficient (Wildman–Crippen LogP) is 2.90. The molecule has 0 radical (unpaired) electrons. The van der Waals surface area contributed by atoms with Crippen LogP contribution >= 0.6 is 12.4 Å². The van der Waals surface area contributed by atoms with Gasteiger partial charge in [-0.3, -0.25) is 9.59 Å². The fraction of sp³-hybridized carbons (Fsp3) is 0.429. The van der Waals surface area contributed by atoms with Crippen LogP contribution in [0.25, 0.3) is 0 Å². The third-order valence-corrected chi connectivity index (χ3v) is 4.90. The quantitative estimate of drug-likeness (QED) is 0.720. The maximum atomic E-state index is 12.7. The van der Waals surface area contributed by atoms with Gasteiger partial charge < -0.3 is 20.5 Å². The zero-order valence-corrected chi connectivity index (χ0v) is 16.8. The van der Waals surface area contributed by atoms with E-state index < -0.39 is 0 Å². The summed E-state index contributed by atoms with van der Waals surface area (Å²) in [6.45, 7) is 2.82. The highest BCUT2D eigenvalue weighted by molar-refractivity contribution is 5.94. The molecule has 2 aromatic rings. The molecule has 0 bridgehead atoms. The molecule has 152 valence electrons. The lowest BCUT2D eigenvalue weighted by atomic mass is 10.0. The summed E-state index contributed by atoms with van der Waals surface area (Å²) in [6, 6.07) is 11.9. The number of H-pyrrole nitrogens is 1. The summed E-state index contributed by atoms with van der Waals surface area (Å²) in [5.41, 5.74) is 1.81. The number of aromatic amines is 1. The fourth-order valence-corrected chi connectivity index (χ4v) is 3.41. The van der Waals surface area contributed by atoms with Gasteiger partial charge in [-0.1, -0.05) is 30.3 Å². The second-order valence-corrected chi connectivity index (χ2v) is 6.92. The van der Waals surface area contributed by atoms with Crippen molar-refractivity contribution in [2.24, 2.45) is 0 Å². The minimum Gasteiger partial charge on any atom is -0.367 e. The number of benzene rings is 1. The lowest BCUT2D eigenvalue weighted by Gasteiger charge is -2.23. The molecule has 1 saturated heterocycles. The van der Waals surface area contributed by atoms with E-state index in [1.165, 1.54) is 0 Å². The van der Waals surface area contributed by atoms with Crippen LogP contribution in [-0.4, -0.2) is 47.9 Å². The van der Waals surface area contributed by atoms with Crippen molar-refractivity contribution in [1.82, 2.24) is 20.5 Å². The van der Waals surface area contributed by atoms with Crippen LogP contribution in [0.3, 0.4) is 0 Å². The topological polar surface area (TPSA) is 77.2 Å². The van der Waals surface area contributed by atoms with Gasteiger partial charge >= 0.3 is 0 Å². The third kappa shape index (κ3) is 6.39. The Morgan fingerprint density at radius 1 is 1.00 bits per heavy atom. The molecule has 28 heavy (non-hydrogen) atoms. The van der Waals surface area contributed by atoms with Crippen LogP contribution in [0.2, 0.25) is 0 Å². The molecule has 7 heteroatoms. The first-order chi connectivity index (χ1) is 13.2. The molecular weight excluding hydrogens is 376 g/mol. The summed E-state index contributed by atoms with van der Waals surface area (Å²) in [5.74, 6) is 0.130. The van der Waals surface area contributed by atoms with Gasteiger partial charge in [-0.05, 0) is 37.4 Å². The number of amides is 2. The Kier molecular flexibility index (Phi) is 9.04. The van der Waals surface area contributed by atoms with Gasteiger partial charge in [-0.25, -0.2) is 0 Å². The Morgan fingerprint density at radius 2 is 1.79 bits per heavy atom. The molecule has 1 aliphatic heterocycles. The van der Waals surface area contributed by atoms with Crippen molar-refractivity contribution in [3.63, 3.8) is 0 Å². The maximum Gasteiger partial charge on any atom is 0.255 e. The van der Waals surface area contributed by atoms with Crippen molar-refractivity contribution in [3.05, 3.63) is 59.9 Å². The van der Waals surface area contributed by atoms with Gasteiger partial charge in [0.2, 0.25) is 5.91 Å². The third-order valence-electron chi connectivity index (χ3n) is 4.90. The molecule has 0 aliphatic carbocycles. The van der Waals surface area contributed by atoms with E-state index in [0.29, 0.717) is 31.6 Å². The summed E-state index contributed by atoms with van der Waals surface area (Å²) in [7, 11) is 0. The van der Waals surface area contributed by atoms with E-state index in [1.807, 2.05) is 41.3 Å². The minimum absolute atomic E-state index is 0. The number of hydrogen-bond donors (Lipinski definition) is 3. The number of aromatic nitrogens is 1. The molecule has 1 aromatic carbocycles. The minimum atomic E-state index is -0.0132. The molecule has 1 unspecified atom stereocenters. The van der Waals surface area contributed by atoms with Crippen LogP contribution < -0.4 is 10.6 Å². The van der Waals surface area contributed by atoms with E-state index in [9.17, 15) is 9.59 Å². The molecule has 1 aliphatic rings. The van der Waals surface area contributed by atoms with Crippen molar-refractivity contribution in [2.75, 3.05) is 26.2 Å². The van der Waals surface area contributed by atoms with Crippen LogP contribution in [0, 0.1) is 0 Å². The molecule has 3 rings (SSSR count). The molecule has 3 N–H and O–H groups in total. The summed E-state index contributed by atoms with van der Waals surface area (Å²) < 4.78 is 0. The molecular formula is C21H29ClN4O2. The number of nitrogens with one attached hydrogen (secondary N) is 3. The first-order valence-corrected chi connectivity index (χ1v) is 9.71. The standard InChI is InChI=1S/C21H28N4O2.ClH/c26-20-15-19(17-7-2-1-3-8-17)23-11-6-14-25(13-5-4-10-24-20)21(27)18-9-12-22-16-18;/h1-3,7-9,12,16,19,22-23H,4-6,10-11,13-15H2,(H,24,26);1H. The largest absolute Gasteiger partial charge is 0.367 e.